The normalized spacial score (nSPS) is 10.1. The summed E-state index contributed by atoms with van der Waals surface area (Å²) in [6.45, 7) is 3.74. The van der Waals surface area contributed by atoms with Crippen molar-refractivity contribution in [2.24, 2.45) is 0 Å². The van der Waals surface area contributed by atoms with Crippen LogP contribution >= 0.6 is 11.9 Å². The SMILES string of the molecule is CCOC(=O)NN(Sc1ccc(Cc2ccccc2)cn1)C(=O)OCC. The smallest absolute Gasteiger partial charge is 0.439 e. The predicted octanol–water partition coefficient (Wildman–Crippen LogP) is 3.80. The summed E-state index contributed by atoms with van der Waals surface area (Å²) < 4.78 is 10.7. The number of ether oxygens (including phenoxy) is 2. The van der Waals surface area contributed by atoms with Crippen molar-refractivity contribution in [3.05, 3.63) is 59.8 Å². The number of hydrogen-bond donors (Lipinski definition) is 1. The van der Waals surface area contributed by atoms with E-state index in [4.69, 9.17) is 9.47 Å². The molecular formula is C18H21N3O4S. The lowest BCUT2D eigenvalue weighted by molar-refractivity contribution is 0.106. The number of carbonyl (C=O) groups excluding carboxylic acids is 2. The number of hydrazine groups is 1. The molecule has 0 unspecified atom stereocenters. The Hall–Kier alpha value is -2.74. The summed E-state index contributed by atoms with van der Waals surface area (Å²) in [5.74, 6) is 0. The van der Waals surface area contributed by atoms with E-state index in [0.717, 1.165) is 28.3 Å². The maximum Gasteiger partial charge on any atom is 0.439 e. The third-order valence-electron chi connectivity index (χ3n) is 3.14. The molecule has 2 rings (SSSR count). The van der Waals surface area contributed by atoms with Crippen molar-refractivity contribution < 1.29 is 19.1 Å². The number of nitrogens with zero attached hydrogens (tertiary/aromatic N) is 2. The molecule has 0 saturated carbocycles. The molecule has 0 saturated heterocycles. The van der Waals surface area contributed by atoms with Crippen LogP contribution in [-0.4, -0.2) is 34.8 Å². The average Bonchev–Trinajstić information content (AvgIpc) is 2.64. The highest BCUT2D eigenvalue weighted by atomic mass is 32.2. The van der Waals surface area contributed by atoms with Gasteiger partial charge in [0, 0.05) is 18.1 Å². The van der Waals surface area contributed by atoms with Crippen LogP contribution in [0.1, 0.15) is 25.0 Å². The van der Waals surface area contributed by atoms with E-state index < -0.39 is 12.2 Å². The fraction of sp³-hybridized carbons (Fsp3) is 0.278. The van der Waals surface area contributed by atoms with Crippen LogP contribution < -0.4 is 5.43 Å². The Morgan fingerprint density at radius 3 is 2.38 bits per heavy atom. The van der Waals surface area contributed by atoms with Gasteiger partial charge >= 0.3 is 12.2 Å². The van der Waals surface area contributed by atoms with E-state index in [9.17, 15) is 9.59 Å². The van der Waals surface area contributed by atoms with Gasteiger partial charge in [0.25, 0.3) is 0 Å². The van der Waals surface area contributed by atoms with Crippen LogP contribution in [-0.2, 0) is 15.9 Å². The molecule has 8 heteroatoms. The highest BCUT2D eigenvalue weighted by Gasteiger charge is 2.20. The molecule has 0 fully saturated rings. The van der Waals surface area contributed by atoms with Crippen molar-refractivity contribution in [2.45, 2.75) is 25.3 Å². The van der Waals surface area contributed by atoms with Crippen molar-refractivity contribution in [3.8, 4) is 0 Å². The minimum absolute atomic E-state index is 0.184. The molecule has 0 spiro atoms. The van der Waals surface area contributed by atoms with Gasteiger partial charge in [0.2, 0.25) is 0 Å². The molecule has 0 bridgehead atoms. The van der Waals surface area contributed by atoms with E-state index in [2.05, 4.69) is 22.5 Å². The van der Waals surface area contributed by atoms with Crippen LogP contribution in [0.4, 0.5) is 9.59 Å². The third kappa shape index (κ3) is 6.29. The summed E-state index contributed by atoms with van der Waals surface area (Å²) in [7, 11) is 0. The Kier molecular flexibility index (Phi) is 7.75. The van der Waals surface area contributed by atoms with Crippen molar-refractivity contribution >= 4 is 24.1 Å². The zero-order valence-corrected chi connectivity index (χ0v) is 15.5. The molecule has 0 aliphatic heterocycles. The second-order valence-corrected chi connectivity index (χ2v) is 6.05. The van der Waals surface area contributed by atoms with Crippen molar-refractivity contribution in [1.82, 2.24) is 14.8 Å². The molecular weight excluding hydrogens is 354 g/mol. The van der Waals surface area contributed by atoms with Crippen molar-refractivity contribution in [1.29, 1.82) is 0 Å². The monoisotopic (exact) mass is 375 g/mol. The van der Waals surface area contributed by atoms with Crippen LogP contribution in [0.3, 0.4) is 0 Å². The van der Waals surface area contributed by atoms with E-state index >= 15 is 0 Å². The maximum atomic E-state index is 12.0. The molecule has 1 aromatic heterocycles. The van der Waals surface area contributed by atoms with Crippen LogP contribution in [0.5, 0.6) is 0 Å². The number of carbonyl (C=O) groups is 2. The lowest BCUT2D eigenvalue weighted by atomic mass is 10.1. The minimum Gasteiger partial charge on any atom is -0.449 e. The lowest BCUT2D eigenvalue weighted by Gasteiger charge is -2.19. The lowest BCUT2D eigenvalue weighted by Crippen LogP contribution is -2.42. The van der Waals surface area contributed by atoms with Gasteiger partial charge in [-0.3, -0.25) is 0 Å². The van der Waals surface area contributed by atoms with Crippen LogP contribution in [0.2, 0.25) is 0 Å². The Labute approximate surface area is 156 Å². The first-order valence-corrected chi connectivity index (χ1v) is 8.96. The number of rotatable bonds is 6. The maximum absolute atomic E-state index is 12.0. The van der Waals surface area contributed by atoms with Gasteiger partial charge in [0.1, 0.15) is 5.03 Å². The summed E-state index contributed by atoms with van der Waals surface area (Å²) in [6.07, 6.45) is 1.05. The van der Waals surface area contributed by atoms with Crippen molar-refractivity contribution in [3.63, 3.8) is 0 Å². The van der Waals surface area contributed by atoms with E-state index in [-0.39, 0.29) is 13.2 Å². The molecule has 0 aliphatic carbocycles. The Morgan fingerprint density at radius 1 is 1.04 bits per heavy atom. The first kappa shape index (κ1) is 19.6. The van der Waals surface area contributed by atoms with Crippen molar-refractivity contribution in [2.75, 3.05) is 13.2 Å². The Bertz CT molecular complexity index is 710. The zero-order chi connectivity index (χ0) is 18.8. The quantitative estimate of drug-likeness (QED) is 0.611. The molecule has 0 atom stereocenters. The van der Waals surface area contributed by atoms with Crippen LogP contribution in [0.25, 0.3) is 0 Å². The molecule has 1 heterocycles. The molecule has 2 aromatic rings. The molecule has 26 heavy (non-hydrogen) atoms. The first-order chi connectivity index (χ1) is 12.6. The molecule has 0 aliphatic rings. The third-order valence-corrected chi connectivity index (χ3v) is 3.99. The largest absolute Gasteiger partial charge is 0.449 e. The number of pyridine rings is 1. The second kappa shape index (κ2) is 10.3. The standard InChI is InChI=1S/C18H21N3O4S/c1-3-24-17(22)20-21(18(23)25-4-2)26-16-11-10-15(13-19-16)12-14-8-6-5-7-9-14/h5-11,13H,3-4,12H2,1-2H3,(H,20,22). The topological polar surface area (TPSA) is 80.8 Å². The zero-order valence-electron chi connectivity index (χ0n) is 14.7. The van der Waals surface area contributed by atoms with Gasteiger partial charge in [-0.1, -0.05) is 36.4 Å². The van der Waals surface area contributed by atoms with Crippen LogP contribution in [0.15, 0.2) is 53.7 Å². The Balaban J connectivity index is 2.02. The van der Waals surface area contributed by atoms with E-state index in [1.54, 1.807) is 26.1 Å². The van der Waals surface area contributed by atoms with Crippen LogP contribution in [0, 0.1) is 0 Å². The summed E-state index contributed by atoms with van der Waals surface area (Å²) >= 11 is 0.942. The summed E-state index contributed by atoms with van der Waals surface area (Å²) in [5, 5.41) is 0.534. The molecule has 138 valence electrons. The van der Waals surface area contributed by atoms with Gasteiger partial charge in [-0.05, 0) is 37.5 Å². The van der Waals surface area contributed by atoms with Gasteiger partial charge in [-0.15, -0.1) is 4.41 Å². The highest BCUT2D eigenvalue weighted by molar-refractivity contribution is 7.97. The molecule has 7 nitrogen and oxygen atoms in total. The number of benzene rings is 1. The van der Waals surface area contributed by atoms with Gasteiger partial charge in [0.15, 0.2) is 0 Å². The summed E-state index contributed by atoms with van der Waals surface area (Å²) in [4.78, 5) is 27.9. The molecule has 1 aromatic carbocycles. The summed E-state index contributed by atoms with van der Waals surface area (Å²) in [6, 6.07) is 13.8. The van der Waals surface area contributed by atoms with E-state index in [1.807, 2.05) is 24.3 Å². The molecule has 2 amide bonds. The van der Waals surface area contributed by atoms with Gasteiger partial charge in [-0.2, -0.15) is 0 Å². The van der Waals surface area contributed by atoms with Gasteiger partial charge in [-0.25, -0.2) is 20.0 Å². The molecule has 0 radical (unpaired) electrons. The second-order valence-electron chi connectivity index (χ2n) is 5.08. The summed E-state index contributed by atoms with van der Waals surface area (Å²) in [5.41, 5.74) is 4.56. The Morgan fingerprint density at radius 2 is 1.77 bits per heavy atom. The van der Waals surface area contributed by atoms with E-state index in [1.165, 1.54) is 5.56 Å². The number of amides is 2. The number of nitrogens with one attached hydrogen (secondary N) is 1. The van der Waals surface area contributed by atoms with Gasteiger partial charge < -0.3 is 9.47 Å². The van der Waals surface area contributed by atoms with E-state index in [0.29, 0.717) is 5.03 Å². The highest BCUT2D eigenvalue weighted by Crippen LogP contribution is 2.20. The molecule has 1 N–H and O–H groups in total. The minimum atomic E-state index is -0.742. The number of hydrogen-bond acceptors (Lipinski definition) is 6. The number of aromatic nitrogens is 1. The predicted molar refractivity (Wildman–Crippen MR) is 98.4 cm³/mol. The first-order valence-electron chi connectivity index (χ1n) is 8.19. The van der Waals surface area contributed by atoms with Gasteiger partial charge in [0.05, 0.1) is 13.2 Å². The average molecular weight is 375 g/mol. The fourth-order valence-electron chi connectivity index (χ4n) is 2.03. The fourth-order valence-corrected chi connectivity index (χ4v) is 2.69.